The molecule has 0 amide bonds. The highest BCUT2D eigenvalue weighted by Gasteiger charge is 2.19. The summed E-state index contributed by atoms with van der Waals surface area (Å²) < 4.78 is 0. The van der Waals surface area contributed by atoms with E-state index in [1.165, 1.54) is 25.7 Å². The van der Waals surface area contributed by atoms with Crippen LogP contribution in [-0.4, -0.2) is 43.7 Å². The summed E-state index contributed by atoms with van der Waals surface area (Å²) in [5.74, 6) is 0. The highest BCUT2D eigenvalue weighted by molar-refractivity contribution is 4.81. The van der Waals surface area contributed by atoms with Crippen LogP contribution in [-0.2, 0) is 0 Å². The normalized spacial score (nSPS) is 30.6. The summed E-state index contributed by atoms with van der Waals surface area (Å²) in [7, 11) is 4.24. The number of hydrogen-bond acceptors (Lipinski definition) is 3. The third kappa shape index (κ3) is 4.40. The molecule has 0 aromatic rings. The molecular formula is C11H25N3. The molecule has 0 aromatic heterocycles. The van der Waals surface area contributed by atoms with Gasteiger partial charge in [0.1, 0.15) is 0 Å². The average molecular weight is 199 g/mol. The number of likely N-dealkylation sites (N-methyl/N-ethyl adjacent to an activating group) is 1. The SMILES string of the molecule is CC(CN(C)C)NC1CCC(N)CC1. The largest absolute Gasteiger partial charge is 0.328 e. The zero-order valence-corrected chi connectivity index (χ0v) is 9.79. The zero-order chi connectivity index (χ0) is 10.6. The van der Waals surface area contributed by atoms with Crippen molar-refractivity contribution < 1.29 is 0 Å². The lowest BCUT2D eigenvalue weighted by atomic mass is 9.91. The minimum atomic E-state index is 0.456. The Labute approximate surface area is 88.0 Å². The molecule has 1 aliphatic rings. The molecule has 0 aromatic carbocycles. The lowest BCUT2D eigenvalue weighted by Gasteiger charge is -2.30. The standard InChI is InChI=1S/C11H25N3/c1-9(8-14(2)3)13-11-6-4-10(12)5-7-11/h9-11,13H,4-8,12H2,1-3H3. The minimum Gasteiger partial charge on any atom is -0.328 e. The molecule has 1 fully saturated rings. The van der Waals surface area contributed by atoms with Crippen LogP contribution in [0.5, 0.6) is 0 Å². The molecule has 1 unspecified atom stereocenters. The zero-order valence-electron chi connectivity index (χ0n) is 9.79. The predicted octanol–water partition coefficient (Wildman–Crippen LogP) is 0.796. The summed E-state index contributed by atoms with van der Waals surface area (Å²) in [6.07, 6.45) is 4.87. The summed E-state index contributed by atoms with van der Waals surface area (Å²) >= 11 is 0. The Balaban J connectivity index is 2.17. The van der Waals surface area contributed by atoms with Gasteiger partial charge in [-0.3, -0.25) is 0 Å². The summed E-state index contributed by atoms with van der Waals surface area (Å²) in [5.41, 5.74) is 5.87. The monoisotopic (exact) mass is 199 g/mol. The Hall–Kier alpha value is -0.120. The molecular weight excluding hydrogens is 174 g/mol. The smallest absolute Gasteiger partial charge is 0.0169 e. The first-order valence-corrected chi connectivity index (χ1v) is 5.74. The minimum absolute atomic E-state index is 0.456. The van der Waals surface area contributed by atoms with Gasteiger partial charge in [-0.25, -0.2) is 0 Å². The number of nitrogens with zero attached hydrogens (tertiary/aromatic N) is 1. The molecule has 14 heavy (non-hydrogen) atoms. The fraction of sp³-hybridized carbons (Fsp3) is 1.00. The molecule has 0 heterocycles. The first-order valence-electron chi connectivity index (χ1n) is 5.74. The Morgan fingerprint density at radius 1 is 1.29 bits per heavy atom. The molecule has 3 heteroatoms. The first-order chi connectivity index (χ1) is 6.58. The third-order valence-corrected chi connectivity index (χ3v) is 2.93. The van der Waals surface area contributed by atoms with E-state index in [1.54, 1.807) is 0 Å². The van der Waals surface area contributed by atoms with E-state index in [4.69, 9.17) is 5.73 Å². The molecule has 3 nitrogen and oxygen atoms in total. The Morgan fingerprint density at radius 2 is 1.86 bits per heavy atom. The van der Waals surface area contributed by atoms with E-state index in [2.05, 4.69) is 31.2 Å². The molecule has 0 saturated heterocycles. The van der Waals surface area contributed by atoms with Crippen molar-refractivity contribution in [2.75, 3.05) is 20.6 Å². The van der Waals surface area contributed by atoms with Gasteiger partial charge >= 0.3 is 0 Å². The van der Waals surface area contributed by atoms with Crippen LogP contribution in [0.2, 0.25) is 0 Å². The van der Waals surface area contributed by atoms with E-state index in [9.17, 15) is 0 Å². The Kier molecular flexibility index (Phi) is 4.85. The van der Waals surface area contributed by atoms with Gasteiger partial charge in [-0.1, -0.05) is 0 Å². The van der Waals surface area contributed by atoms with Crippen LogP contribution in [0.25, 0.3) is 0 Å². The van der Waals surface area contributed by atoms with Crippen molar-refractivity contribution in [2.24, 2.45) is 5.73 Å². The quantitative estimate of drug-likeness (QED) is 0.703. The Bertz CT molecular complexity index is 151. The molecule has 0 bridgehead atoms. The lowest BCUT2D eigenvalue weighted by molar-refractivity contribution is 0.283. The van der Waals surface area contributed by atoms with Gasteiger partial charge in [0.25, 0.3) is 0 Å². The van der Waals surface area contributed by atoms with Crippen LogP contribution < -0.4 is 11.1 Å². The van der Waals surface area contributed by atoms with E-state index in [-0.39, 0.29) is 0 Å². The van der Waals surface area contributed by atoms with Crippen LogP contribution in [0.4, 0.5) is 0 Å². The molecule has 1 saturated carbocycles. The van der Waals surface area contributed by atoms with E-state index < -0.39 is 0 Å². The van der Waals surface area contributed by atoms with E-state index in [0.29, 0.717) is 18.1 Å². The maximum atomic E-state index is 5.87. The van der Waals surface area contributed by atoms with Crippen LogP contribution in [0.3, 0.4) is 0 Å². The van der Waals surface area contributed by atoms with Crippen LogP contribution in [0.1, 0.15) is 32.6 Å². The van der Waals surface area contributed by atoms with Gasteiger partial charge in [0.15, 0.2) is 0 Å². The van der Waals surface area contributed by atoms with Crippen LogP contribution in [0, 0.1) is 0 Å². The van der Waals surface area contributed by atoms with Crippen molar-refractivity contribution in [1.82, 2.24) is 10.2 Å². The summed E-state index contributed by atoms with van der Waals surface area (Å²) in [5, 5.41) is 3.67. The van der Waals surface area contributed by atoms with E-state index in [0.717, 1.165) is 6.54 Å². The van der Waals surface area contributed by atoms with Gasteiger partial charge in [-0.2, -0.15) is 0 Å². The van der Waals surface area contributed by atoms with Gasteiger partial charge in [-0.05, 0) is 46.7 Å². The highest BCUT2D eigenvalue weighted by atomic mass is 15.1. The van der Waals surface area contributed by atoms with Crippen molar-refractivity contribution >= 4 is 0 Å². The first kappa shape index (κ1) is 12.0. The number of hydrogen-bond donors (Lipinski definition) is 2. The maximum Gasteiger partial charge on any atom is 0.0169 e. The molecule has 1 atom stereocenters. The third-order valence-electron chi connectivity index (χ3n) is 2.93. The van der Waals surface area contributed by atoms with Gasteiger partial charge in [0.2, 0.25) is 0 Å². The van der Waals surface area contributed by atoms with Gasteiger partial charge in [0, 0.05) is 24.7 Å². The topological polar surface area (TPSA) is 41.3 Å². The number of nitrogens with two attached hydrogens (primary N) is 1. The van der Waals surface area contributed by atoms with Crippen LogP contribution in [0.15, 0.2) is 0 Å². The highest BCUT2D eigenvalue weighted by Crippen LogP contribution is 2.17. The number of rotatable bonds is 4. The lowest BCUT2D eigenvalue weighted by Crippen LogP contribution is -2.45. The second-order valence-corrected chi connectivity index (χ2v) is 4.94. The van der Waals surface area contributed by atoms with Crippen molar-refractivity contribution in [2.45, 2.75) is 50.7 Å². The van der Waals surface area contributed by atoms with Crippen molar-refractivity contribution in [1.29, 1.82) is 0 Å². The molecule has 1 aliphatic carbocycles. The van der Waals surface area contributed by atoms with E-state index >= 15 is 0 Å². The predicted molar refractivity (Wildman–Crippen MR) is 61.4 cm³/mol. The molecule has 3 N–H and O–H groups in total. The summed E-state index contributed by atoms with van der Waals surface area (Å²) in [6, 6.07) is 1.74. The second-order valence-electron chi connectivity index (χ2n) is 4.94. The fourth-order valence-corrected chi connectivity index (χ4v) is 2.29. The molecule has 84 valence electrons. The molecule has 0 aliphatic heterocycles. The number of nitrogens with one attached hydrogen (secondary N) is 1. The maximum absolute atomic E-state index is 5.87. The fourth-order valence-electron chi connectivity index (χ4n) is 2.29. The molecule has 0 spiro atoms. The van der Waals surface area contributed by atoms with Gasteiger partial charge < -0.3 is 16.0 Å². The molecule has 0 radical (unpaired) electrons. The molecule has 1 rings (SSSR count). The van der Waals surface area contributed by atoms with Crippen molar-refractivity contribution in [3.05, 3.63) is 0 Å². The van der Waals surface area contributed by atoms with Crippen LogP contribution >= 0.6 is 0 Å². The van der Waals surface area contributed by atoms with E-state index in [1.807, 2.05) is 0 Å². The summed E-state index contributed by atoms with van der Waals surface area (Å²) in [6.45, 7) is 3.37. The Morgan fingerprint density at radius 3 is 2.36 bits per heavy atom. The van der Waals surface area contributed by atoms with Crippen molar-refractivity contribution in [3.8, 4) is 0 Å². The second kappa shape index (κ2) is 5.69. The van der Waals surface area contributed by atoms with Gasteiger partial charge in [0.05, 0.1) is 0 Å². The van der Waals surface area contributed by atoms with Gasteiger partial charge in [-0.15, -0.1) is 0 Å². The average Bonchev–Trinajstić information content (AvgIpc) is 2.07. The van der Waals surface area contributed by atoms with Crippen molar-refractivity contribution in [3.63, 3.8) is 0 Å². The summed E-state index contributed by atoms with van der Waals surface area (Å²) in [4.78, 5) is 2.23.